The summed E-state index contributed by atoms with van der Waals surface area (Å²) in [6, 6.07) is 16.3. The van der Waals surface area contributed by atoms with Crippen LogP contribution < -0.4 is 10.1 Å². The first-order chi connectivity index (χ1) is 14.9. The number of ether oxygens (including phenoxy) is 1. The molecule has 158 valence electrons. The van der Waals surface area contributed by atoms with Gasteiger partial charge in [0.2, 0.25) is 5.89 Å². The van der Waals surface area contributed by atoms with E-state index in [-0.39, 0.29) is 12.5 Å². The molecule has 1 amide bonds. The maximum Gasteiger partial charge on any atom is 0.262 e. The first-order valence-electron chi connectivity index (χ1n) is 9.81. The molecule has 0 saturated carbocycles. The lowest BCUT2D eigenvalue weighted by Crippen LogP contribution is -2.20. The van der Waals surface area contributed by atoms with Crippen molar-refractivity contribution >= 4 is 45.9 Å². The molecule has 5 nitrogen and oxygen atoms in total. The molecule has 0 aliphatic rings. The number of carbonyl (C=O) groups is 1. The highest BCUT2D eigenvalue weighted by Crippen LogP contribution is 2.32. The first kappa shape index (κ1) is 21.2. The number of hydrogen-bond acceptors (Lipinski definition) is 4. The molecule has 0 atom stereocenters. The molecule has 4 rings (SSSR count). The maximum absolute atomic E-state index is 12.3. The molecule has 31 heavy (non-hydrogen) atoms. The minimum atomic E-state index is -0.300. The van der Waals surface area contributed by atoms with Crippen LogP contribution in [-0.2, 0) is 11.2 Å². The van der Waals surface area contributed by atoms with Gasteiger partial charge in [0.1, 0.15) is 11.3 Å². The third-order valence-electron chi connectivity index (χ3n) is 4.84. The summed E-state index contributed by atoms with van der Waals surface area (Å²) in [4.78, 5) is 16.9. The van der Waals surface area contributed by atoms with Crippen LogP contribution in [0.3, 0.4) is 0 Å². The van der Waals surface area contributed by atoms with Gasteiger partial charge in [0.05, 0.1) is 10.6 Å². The molecule has 0 saturated heterocycles. The van der Waals surface area contributed by atoms with E-state index < -0.39 is 0 Å². The fourth-order valence-corrected chi connectivity index (χ4v) is 3.44. The van der Waals surface area contributed by atoms with Crippen molar-refractivity contribution in [3.63, 3.8) is 0 Å². The number of carbonyl (C=O) groups excluding carboxylic acids is 1. The summed E-state index contributed by atoms with van der Waals surface area (Å²) < 4.78 is 11.4. The normalized spacial score (nSPS) is 11.0. The standard InChI is InChI=1S/C24H20Cl2N2O3/c1-3-15-4-9-22-21(11-15)28-24(31-22)18-12-16(5-7-20(18)26)27-23(29)13-30-17-6-8-19(25)14(2)10-17/h4-12H,3,13H2,1-2H3,(H,27,29). The summed E-state index contributed by atoms with van der Waals surface area (Å²) in [6.45, 7) is 3.82. The van der Waals surface area contributed by atoms with Crippen LogP contribution in [0.1, 0.15) is 18.1 Å². The highest BCUT2D eigenvalue weighted by molar-refractivity contribution is 6.33. The number of hydrogen-bond donors (Lipinski definition) is 1. The van der Waals surface area contributed by atoms with E-state index in [0.29, 0.717) is 38.5 Å². The largest absolute Gasteiger partial charge is 0.484 e. The van der Waals surface area contributed by atoms with Crippen LogP contribution in [0.25, 0.3) is 22.6 Å². The maximum atomic E-state index is 12.3. The fourth-order valence-electron chi connectivity index (χ4n) is 3.13. The lowest BCUT2D eigenvalue weighted by Gasteiger charge is -2.10. The number of nitrogens with one attached hydrogen (secondary N) is 1. The Labute approximate surface area is 189 Å². The zero-order chi connectivity index (χ0) is 22.0. The third-order valence-corrected chi connectivity index (χ3v) is 5.59. The van der Waals surface area contributed by atoms with Gasteiger partial charge in [-0.3, -0.25) is 4.79 Å². The smallest absolute Gasteiger partial charge is 0.262 e. The Hall–Kier alpha value is -3.02. The van der Waals surface area contributed by atoms with Crippen LogP contribution in [0.15, 0.2) is 59.0 Å². The Morgan fingerprint density at radius 2 is 1.87 bits per heavy atom. The second kappa shape index (κ2) is 9.00. The van der Waals surface area contributed by atoms with Crippen LogP contribution >= 0.6 is 23.2 Å². The van der Waals surface area contributed by atoms with Crippen LogP contribution in [-0.4, -0.2) is 17.5 Å². The van der Waals surface area contributed by atoms with Crippen molar-refractivity contribution in [2.75, 3.05) is 11.9 Å². The molecular formula is C24H20Cl2N2O3. The number of anilines is 1. The van der Waals surface area contributed by atoms with Crippen molar-refractivity contribution in [1.29, 1.82) is 0 Å². The van der Waals surface area contributed by atoms with E-state index in [4.69, 9.17) is 32.4 Å². The molecule has 0 bridgehead atoms. The molecule has 1 heterocycles. The molecular weight excluding hydrogens is 435 g/mol. The molecule has 0 radical (unpaired) electrons. The number of benzene rings is 3. The SMILES string of the molecule is CCc1ccc2oc(-c3cc(NC(=O)COc4ccc(Cl)c(C)c4)ccc3Cl)nc2c1. The van der Waals surface area contributed by atoms with Gasteiger partial charge in [-0.2, -0.15) is 0 Å². The van der Waals surface area contributed by atoms with Crippen molar-refractivity contribution in [3.05, 3.63) is 75.8 Å². The second-order valence-corrected chi connectivity index (χ2v) is 7.93. The van der Waals surface area contributed by atoms with E-state index in [1.165, 1.54) is 5.56 Å². The predicted octanol–water partition coefficient (Wildman–Crippen LogP) is 6.69. The summed E-state index contributed by atoms with van der Waals surface area (Å²) >= 11 is 12.4. The van der Waals surface area contributed by atoms with Crippen molar-refractivity contribution in [1.82, 2.24) is 4.98 Å². The van der Waals surface area contributed by atoms with Gasteiger partial charge in [0, 0.05) is 10.7 Å². The van der Waals surface area contributed by atoms with E-state index in [9.17, 15) is 4.79 Å². The lowest BCUT2D eigenvalue weighted by atomic mass is 10.1. The molecule has 1 aromatic heterocycles. The Bertz CT molecular complexity index is 1270. The fraction of sp³-hybridized carbons (Fsp3) is 0.167. The average molecular weight is 455 g/mol. The zero-order valence-electron chi connectivity index (χ0n) is 17.0. The number of aryl methyl sites for hydroxylation is 2. The van der Waals surface area contributed by atoms with E-state index in [0.717, 1.165) is 17.5 Å². The van der Waals surface area contributed by atoms with E-state index in [1.54, 1.807) is 36.4 Å². The van der Waals surface area contributed by atoms with Gasteiger partial charge in [-0.15, -0.1) is 0 Å². The van der Waals surface area contributed by atoms with Gasteiger partial charge in [-0.1, -0.05) is 36.2 Å². The Balaban J connectivity index is 1.49. The van der Waals surface area contributed by atoms with Gasteiger partial charge in [-0.05, 0) is 73.0 Å². The number of rotatable bonds is 6. The Morgan fingerprint density at radius 1 is 1.06 bits per heavy atom. The van der Waals surface area contributed by atoms with E-state index in [1.807, 2.05) is 25.1 Å². The number of oxazole rings is 1. The van der Waals surface area contributed by atoms with Crippen molar-refractivity contribution in [2.24, 2.45) is 0 Å². The lowest BCUT2D eigenvalue weighted by molar-refractivity contribution is -0.118. The van der Waals surface area contributed by atoms with Gasteiger partial charge in [-0.25, -0.2) is 4.98 Å². The minimum absolute atomic E-state index is 0.137. The molecule has 0 aliphatic heterocycles. The molecule has 0 unspecified atom stereocenters. The van der Waals surface area contributed by atoms with Gasteiger partial charge >= 0.3 is 0 Å². The van der Waals surface area contributed by atoms with Gasteiger partial charge in [0.25, 0.3) is 5.91 Å². The molecule has 0 spiro atoms. The number of fused-ring (bicyclic) bond motifs is 1. The predicted molar refractivity (Wildman–Crippen MR) is 124 cm³/mol. The summed E-state index contributed by atoms with van der Waals surface area (Å²) in [6.07, 6.45) is 0.915. The van der Waals surface area contributed by atoms with Crippen LogP contribution in [0.5, 0.6) is 5.75 Å². The van der Waals surface area contributed by atoms with Crippen molar-refractivity contribution in [3.8, 4) is 17.2 Å². The molecule has 0 fully saturated rings. The quantitative estimate of drug-likeness (QED) is 0.352. The highest BCUT2D eigenvalue weighted by atomic mass is 35.5. The summed E-state index contributed by atoms with van der Waals surface area (Å²) in [5.74, 6) is 0.676. The molecule has 0 aliphatic carbocycles. The zero-order valence-corrected chi connectivity index (χ0v) is 18.6. The Kier molecular flexibility index (Phi) is 6.16. The molecule has 7 heteroatoms. The van der Waals surface area contributed by atoms with Crippen LogP contribution in [0.2, 0.25) is 10.0 Å². The number of halogens is 2. The number of aromatic nitrogens is 1. The van der Waals surface area contributed by atoms with E-state index in [2.05, 4.69) is 17.2 Å². The first-order valence-corrected chi connectivity index (χ1v) is 10.6. The van der Waals surface area contributed by atoms with Crippen LogP contribution in [0, 0.1) is 6.92 Å². The van der Waals surface area contributed by atoms with Crippen molar-refractivity contribution in [2.45, 2.75) is 20.3 Å². The minimum Gasteiger partial charge on any atom is -0.484 e. The highest BCUT2D eigenvalue weighted by Gasteiger charge is 2.14. The second-order valence-electron chi connectivity index (χ2n) is 7.12. The van der Waals surface area contributed by atoms with Gasteiger partial charge < -0.3 is 14.5 Å². The van der Waals surface area contributed by atoms with Crippen LogP contribution in [0.4, 0.5) is 5.69 Å². The number of nitrogens with zero attached hydrogens (tertiary/aromatic N) is 1. The molecule has 1 N–H and O–H groups in total. The Morgan fingerprint density at radius 3 is 2.65 bits per heavy atom. The monoisotopic (exact) mass is 454 g/mol. The van der Waals surface area contributed by atoms with E-state index >= 15 is 0 Å². The number of amides is 1. The average Bonchev–Trinajstić information content (AvgIpc) is 3.19. The summed E-state index contributed by atoms with van der Waals surface area (Å²) in [7, 11) is 0. The topological polar surface area (TPSA) is 64.4 Å². The molecule has 3 aromatic carbocycles. The third kappa shape index (κ3) is 4.84. The molecule has 4 aromatic rings. The van der Waals surface area contributed by atoms with Crippen molar-refractivity contribution < 1.29 is 13.9 Å². The summed E-state index contributed by atoms with van der Waals surface area (Å²) in [5.41, 5.74) is 4.68. The van der Waals surface area contributed by atoms with Gasteiger partial charge in [0.15, 0.2) is 12.2 Å². The summed E-state index contributed by atoms with van der Waals surface area (Å²) in [5, 5.41) is 3.94.